The van der Waals surface area contributed by atoms with Crippen LogP contribution in [-0.2, 0) is 4.74 Å². The molecule has 6 heteroatoms. The maximum Gasteiger partial charge on any atom is 0.338 e. The summed E-state index contributed by atoms with van der Waals surface area (Å²) in [5.74, 6) is -0.193. The van der Waals surface area contributed by atoms with Crippen molar-refractivity contribution in [3.8, 4) is 6.07 Å². The highest BCUT2D eigenvalue weighted by Gasteiger charge is 2.53. The van der Waals surface area contributed by atoms with Crippen LogP contribution in [0.25, 0.3) is 0 Å². The fraction of sp³-hybridized carbons (Fsp3) is 0.529. The molecule has 23 heavy (non-hydrogen) atoms. The average molecular weight is 314 g/mol. The van der Waals surface area contributed by atoms with E-state index < -0.39 is 16.3 Å². The summed E-state index contributed by atoms with van der Waals surface area (Å²) >= 11 is 0. The van der Waals surface area contributed by atoms with Crippen molar-refractivity contribution in [1.29, 1.82) is 5.26 Å². The lowest BCUT2D eigenvalue weighted by Gasteiger charge is -2.36. The number of nitrogens with zero attached hydrogens (tertiary/aromatic N) is 2. The number of fused-ring (bicyclic) bond motifs is 1. The van der Waals surface area contributed by atoms with Gasteiger partial charge in [0.15, 0.2) is 0 Å². The molecule has 0 amide bonds. The van der Waals surface area contributed by atoms with Crippen LogP contribution in [0.2, 0.25) is 0 Å². The Morgan fingerprint density at radius 2 is 2.00 bits per heavy atom. The molecule has 0 aliphatic heterocycles. The Kier molecular flexibility index (Phi) is 4.03. The number of hydrogen-bond donors (Lipinski definition) is 0. The SMILES string of the molecule is N#C[C@]12CCCC[C@H]1CC[C@@H]2OC(=O)c1ccc([N+](=O)[O-])cc1. The highest BCUT2D eigenvalue weighted by Crippen LogP contribution is 2.53. The van der Waals surface area contributed by atoms with Gasteiger partial charge in [-0.15, -0.1) is 0 Å². The van der Waals surface area contributed by atoms with E-state index in [1.54, 1.807) is 0 Å². The average Bonchev–Trinajstić information content (AvgIpc) is 2.94. The number of nitro groups is 1. The monoisotopic (exact) mass is 314 g/mol. The number of esters is 1. The summed E-state index contributed by atoms with van der Waals surface area (Å²) in [6, 6.07) is 7.81. The summed E-state index contributed by atoms with van der Waals surface area (Å²) in [4.78, 5) is 22.5. The number of nitro benzene ring substituents is 1. The molecule has 0 radical (unpaired) electrons. The first-order valence-corrected chi connectivity index (χ1v) is 7.93. The standard InChI is InChI=1S/C17H18N2O4/c18-11-17-10-2-1-3-13(17)6-9-15(17)23-16(20)12-4-7-14(8-5-12)19(21)22/h4-5,7-8,13,15H,1-3,6,9-10H2/t13-,15-,17+/m0/s1. The van der Waals surface area contributed by atoms with E-state index in [-0.39, 0.29) is 17.4 Å². The molecule has 0 spiro atoms. The normalized spacial score (nSPS) is 29.3. The molecule has 1 aromatic rings. The van der Waals surface area contributed by atoms with E-state index in [4.69, 9.17) is 4.74 Å². The van der Waals surface area contributed by atoms with E-state index in [0.717, 1.165) is 38.5 Å². The number of ether oxygens (including phenoxy) is 1. The number of carbonyl (C=O) groups is 1. The minimum Gasteiger partial charge on any atom is -0.457 e. The number of rotatable bonds is 3. The van der Waals surface area contributed by atoms with Crippen molar-refractivity contribution in [2.75, 3.05) is 0 Å². The Balaban J connectivity index is 1.75. The minimum atomic E-state index is -0.547. The smallest absolute Gasteiger partial charge is 0.338 e. The van der Waals surface area contributed by atoms with Crippen molar-refractivity contribution in [2.45, 2.75) is 44.6 Å². The summed E-state index contributed by atoms with van der Waals surface area (Å²) in [5.41, 5.74) is -0.333. The Morgan fingerprint density at radius 3 is 2.65 bits per heavy atom. The molecule has 3 rings (SSSR count). The Hall–Kier alpha value is -2.42. The number of hydrogen-bond acceptors (Lipinski definition) is 5. The van der Waals surface area contributed by atoms with E-state index in [9.17, 15) is 20.2 Å². The van der Waals surface area contributed by atoms with Gasteiger partial charge in [-0.1, -0.05) is 12.8 Å². The highest BCUT2D eigenvalue weighted by atomic mass is 16.6. The first-order chi connectivity index (χ1) is 11.1. The van der Waals surface area contributed by atoms with Crippen molar-refractivity contribution in [2.24, 2.45) is 11.3 Å². The lowest BCUT2D eigenvalue weighted by atomic mass is 9.68. The predicted molar refractivity (Wildman–Crippen MR) is 81.5 cm³/mol. The van der Waals surface area contributed by atoms with Crippen molar-refractivity contribution >= 4 is 11.7 Å². The molecule has 0 heterocycles. The molecule has 0 bridgehead atoms. The molecule has 2 saturated carbocycles. The second-order valence-corrected chi connectivity index (χ2v) is 6.37. The second kappa shape index (κ2) is 5.99. The zero-order valence-corrected chi connectivity index (χ0v) is 12.7. The van der Waals surface area contributed by atoms with Crippen LogP contribution in [0.1, 0.15) is 48.9 Å². The van der Waals surface area contributed by atoms with Crippen molar-refractivity contribution in [3.05, 3.63) is 39.9 Å². The molecule has 2 aliphatic rings. The van der Waals surface area contributed by atoms with Gasteiger partial charge in [-0.3, -0.25) is 10.1 Å². The lowest BCUT2D eigenvalue weighted by molar-refractivity contribution is -0.384. The predicted octanol–water partition coefficient (Wildman–Crippen LogP) is 3.61. The van der Waals surface area contributed by atoms with Gasteiger partial charge in [-0.05, 0) is 43.7 Å². The molecule has 0 saturated heterocycles. The molecule has 3 atom stereocenters. The second-order valence-electron chi connectivity index (χ2n) is 6.37. The lowest BCUT2D eigenvalue weighted by Crippen LogP contribution is -2.39. The Labute approximate surface area is 134 Å². The highest BCUT2D eigenvalue weighted by molar-refractivity contribution is 5.89. The number of nitriles is 1. The first kappa shape index (κ1) is 15.5. The third-order valence-corrected chi connectivity index (χ3v) is 5.24. The van der Waals surface area contributed by atoms with Gasteiger partial charge in [0.25, 0.3) is 5.69 Å². The maximum atomic E-state index is 12.3. The molecular formula is C17H18N2O4. The van der Waals surface area contributed by atoms with Crippen LogP contribution >= 0.6 is 0 Å². The molecule has 2 aliphatic carbocycles. The molecule has 120 valence electrons. The largest absolute Gasteiger partial charge is 0.457 e. The number of non-ortho nitro benzene ring substituents is 1. The first-order valence-electron chi connectivity index (χ1n) is 7.93. The van der Waals surface area contributed by atoms with Crippen molar-refractivity contribution in [1.82, 2.24) is 0 Å². The van der Waals surface area contributed by atoms with E-state index >= 15 is 0 Å². The Bertz CT molecular complexity index is 664. The van der Waals surface area contributed by atoms with Gasteiger partial charge in [0.2, 0.25) is 0 Å². The molecule has 0 unspecified atom stereocenters. The van der Waals surface area contributed by atoms with E-state index in [0.29, 0.717) is 5.92 Å². The molecule has 2 fully saturated rings. The molecule has 1 aromatic carbocycles. The van der Waals surface area contributed by atoms with Gasteiger partial charge in [0.05, 0.1) is 22.0 Å². The van der Waals surface area contributed by atoms with Crippen molar-refractivity contribution in [3.63, 3.8) is 0 Å². The van der Waals surface area contributed by atoms with Crippen LogP contribution in [0.3, 0.4) is 0 Å². The molecule has 0 aromatic heterocycles. The fourth-order valence-corrected chi connectivity index (χ4v) is 4.01. The number of carbonyl (C=O) groups excluding carboxylic acids is 1. The van der Waals surface area contributed by atoms with Gasteiger partial charge in [0, 0.05) is 12.1 Å². The van der Waals surface area contributed by atoms with Crippen LogP contribution in [0.4, 0.5) is 5.69 Å². The van der Waals surface area contributed by atoms with Gasteiger partial charge in [-0.25, -0.2) is 4.79 Å². The maximum absolute atomic E-state index is 12.3. The Morgan fingerprint density at radius 1 is 1.26 bits per heavy atom. The van der Waals surface area contributed by atoms with Gasteiger partial charge < -0.3 is 4.74 Å². The summed E-state index contributed by atoms with van der Waals surface area (Å²) in [6.07, 6.45) is 5.21. The number of benzene rings is 1. The summed E-state index contributed by atoms with van der Waals surface area (Å²) in [5, 5.41) is 20.3. The van der Waals surface area contributed by atoms with Gasteiger partial charge in [-0.2, -0.15) is 5.26 Å². The van der Waals surface area contributed by atoms with E-state index in [1.807, 2.05) is 0 Å². The van der Waals surface area contributed by atoms with Crippen LogP contribution in [-0.4, -0.2) is 17.0 Å². The quantitative estimate of drug-likeness (QED) is 0.482. The fourth-order valence-electron chi connectivity index (χ4n) is 4.01. The molecular weight excluding hydrogens is 296 g/mol. The molecule has 0 N–H and O–H groups in total. The molecule has 6 nitrogen and oxygen atoms in total. The summed E-state index contributed by atoms with van der Waals surface area (Å²) in [6.45, 7) is 0. The minimum absolute atomic E-state index is 0.0664. The third-order valence-electron chi connectivity index (χ3n) is 5.24. The van der Waals surface area contributed by atoms with Crippen LogP contribution in [0.5, 0.6) is 0 Å². The third kappa shape index (κ3) is 2.67. The topological polar surface area (TPSA) is 93.2 Å². The van der Waals surface area contributed by atoms with E-state index in [1.165, 1.54) is 24.3 Å². The van der Waals surface area contributed by atoms with Gasteiger partial charge in [0.1, 0.15) is 6.10 Å². The summed E-state index contributed by atoms with van der Waals surface area (Å²) in [7, 11) is 0. The van der Waals surface area contributed by atoms with Crippen LogP contribution < -0.4 is 0 Å². The van der Waals surface area contributed by atoms with Crippen molar-refractivity contribution < 1.29 is 14.5 Å². The zero-order chi connectivity index (χ0) is 16.4. The summed E-state index contributed by atoms with van der Waals surface area (Å²) < 4.78 is 5.63. The van der Waals surface area contributed by atoms with Crippen LogP contribution in [0, 0.1) is 32.8 Å². The van der Waals surface area contributed by atoms with Gasteiger partial charge >= 0.3 is 5.97 Å². The van der Waals surface area contributed by atoms with E-state index in [2.05, 4.69) is 6.07 Å². The zero-order valence-electron chi connectivity index (χ0n) is 12.7. The van der Waals surface area contributed by atoms with Crippen LogP contribution in [0.15, 0.2) is 24.3 Å².